The van der Waals surface area contributed by atoms with Crippen LogP contribution < -0.4 is 10.3 Å². The number of H-pyrrole nitrogens is 1. The average molecular weight is 165 g/mol. The van der Waals surface area contributed by atoms with Gasteiger partial charge in [-0.3, -0.25) is 4.79 Å². The van der Waals surface area contributed by atoms with Gasteiger partial charge >= 0.3 is 0 Å². The SMILES string of the molecule is Cc1cc2c(c(=O)[nH]1)CCCO2. The quantitative estimate of drug-likeness (QED) is 0.623. The Balaban J connectivity index is 2.60. The minimum absolute atomic E-state index is 0.00435. The fourth-order valence-electron chi connectivity index (χ4n) is 1.48. The molecule has 1 aromatic heterocycles. The van der Waals surface area contributed by atoms with Crippen LogP contribution >= 0.6 is 0 Å². The van der Waals surface area contributed by atoms with Gasteiger partial charge in [-0.15, -0.1) is 0 Å². The molecular formula is C9H11NO2. The summed E-state index contributed by atoms with van der Waals surface area (Å²) in [6.07, 6.45) is 1.78. The van der Waals surface area contributed by atoms with E-state index in [0.29, 0.717) is 0 Å². The molecule has 2 heterocycles. The Hall–Kier alpha value is -1.25. The number of pyridine rings is 1. The Bertz CT molecular complexity index is 354. The highest BCUT2D eigenvalue weighted by Crippen LogP contribution is 2.20. The molecule has 0 aromatic carbocycles. The van der Waals surface area contributed by atoms with Crippen LogP contribution in [0.15, 0.2) is 10.9 Å². The normalized spacial score (nSPS) is 15.1. The summed E-state index contributed by atoms with van der Waals surface area (Å²) in [5.74, 6) is 0.766. The number of aromatic amines is 1. The van der Waals surface area contributed by atoms with Gasteiger partial charge in [-0.1, -0.05) is 0 Å². The maximum atomic E-state index is 11.3. The summed E-state index contributed by atoms with van der Waals surface area (Å²) in [6, 6.07) is 1.88. The Morgan fingerprint density at radius 3 is 3.25 bits per heavy atom. The summed E-state index contributed by atoms with van der Waals surface area (Å²) in [5.41, 5.74) is 1.66. The van der Waals surface area contributed by atoms with Gasteiger partial charge in [-0.25, -0.2) is 0 Å². The number of nitrogens with one attached hydrogen (secondary N) is 1. The molecule has 1 N–H and O–H groups in total. The summed E-state index contributed by atoms with van der Waals surface area (Å²) in [7, 11) is 0. The zero-order valence-electron chi connectivity index (χ0n) is 7.02. The van der Waals surface area contributed by atoms with E-state index in [1.54, 1.807) is 0 Å². The van der Waals surface area contributed by atoms with Crippen LogP contribution in [0.4, 0.5) is 0 Å². The maximum Gasteiger partial charge on any atom is 0.255 e. The van der Waals surface area contributed by atoms with Gasteiger partial charge in [0.1, 0.15) is 5.75 Å². The summed E-state index contributed by atoms with van der Waals surface area (Å²) in [4.78, 5) is 14.1. The summed E-state index contributed by atoms with van der Waals surface area (Å²) in [6.45, 7) is 2.59. The van der Waals surface area contributed by atoms with E-state index in [2.05, 4.69) is 4.98 Å². The van der Waals surface area contributed by atoms with E-state index in [-0.39, 0.29) is 5.56 Å². The van der Waals surface area contributed by atoms with Crippen molar-refractivity contribution in [2.45, 2.75) is 19.8 Å². The molecule has 0 amide bonds. The topological polar surface area (TPSA) is 42.1 Å². The monoisotopic (exact) mass is 165 g/mol. The highest BCUT2D eigenvalue weighted by atomic mass is 16.5. The van der Waals surface area contributed by atoms with Crippen LogP contribution in [0.1, 0.15) is 17.7 Å². The fourth-order valence-corrected chi connectivity index (χ4v) is 1.48. The molecule has 0 atom stereocenters. The molecule has 0 saturated heterocycles. The van der Waals surface area contributed by atoms with Gasteiger partial charge in [0.05, 0.1) is 12.2 Å². The highest BCUT2D eigenvalue weighted by Gasteiger charge is 2.13. The zero-order chi connectivity index (χ0) is 8.55. The van der Waals surface area contributed by atoms with Crippen molar-refractivity contribution >= 4 is 0 Å². The van der Waals surface area contributed by atoms with Crippen molar-refractivity contribution in [3.63, 3.8) is 0 Å². The minimum atomic E-state index is 0.00435. The van der Waals surface area contributed by atoms with Gasteiger partial charge < -0.3 is 9.72 Å². The molecule has 0 bridgehead atoms. The molecule has 1 aliphatic heterocycles. The molecule has 12 heavy (non-hydrogen) atoms. The standard InChI is InChI=1S/C9H11NO2/c1-6-5-8-7(9(11)10-6)3-2-4-12-8/h5H,2-4H2,1H3,(H,10,11). The molecular weight excluding hydrogens is 154 g/mol. The fraction of sp³-hybridized carbons (Fsp3) is 0.444. The largest absolute Gasteiger partial charge is 0.493 e. The molecule has 64 valence electrons. The molecule has 0 fully saturated rings. The number of aryl methyl sites for hydroxylation is 1. The van der Waals surface area contributed by atoms with E-state index >= 15 is 0 Å². The molecule has 2 rings (SSSR count). The van der Waals surface area contributed by atoms with Crippen molar-refractivity contribution in [2.75, 3.05) is 6.61 Å². The first-order chi connectivity index (χ1) is 5.77. The summed E-state index contributed by atoms with van der Waals surface area (Å²) < 4.78 is 5.37. The van der Waals surface area contributed by atoms with Crippen molar-refractivity contribution in [3.05, 3.63) is 27.7 Å². The van der Waals surface area contributed by atoms with Gasteiger partial charge in [0.25, 0.3) is 5.56 Å². The first kappa shape index (κ1) is 7.40. The Morgan fingerprint density at radius 1 is 1.58 bits per heavy atom. The lowest BCUT2D eigenvalue weighted by Gasteiger charge is -2.16. The van der Waals surface area contributed by atoms with E-state index in [1.165, 1.54) is 0 Å². The molecule has 0 radical (unpaired) electrons. The average Bonchev–Trinajstić information content (AvgIpc) is 2.04. The van der Waals surface area contributed by atoms with Crippen LogP contribution in [0.3, 0.4) is 0 Å². The molecule has 1 aromatic rings. The first-order valence-electron chi connectivity index (χ1n) is 4.13. The van der Waals surface area contributed by atoms with Crippen LogP contribution in [0.2, 0.25) is 0 Å². The van der Waals surface area contributed by atoms with E-state index in [9.17, 15) is 4.79 Å². The molecule has 1 aliphatic rings. The molecule has 3 nitrogen and oxygen atoms in total. The van der Waals surface area contributed by atoms with Crippen molar-refractivity contribution in [3.8, 4) is 5.75 Å². The molecule has 0 saturated carbocycles. The van der Waals surface area contributed by atoms with Crippen molar-refractivity contribution in [1.29, 1.82) is 0 Å². The third-order valence-electron chi connectivity index (χ3n) is 2.06. The lowest BCUT2D eigenvalue weighted by molar-refractivity contribution is 0.286. The smallest absolute Gasteiger partial charge is 0.255 e. The summed E-state index contributed by atoms with van der Waals surface area (Å²) >= 11 is 0. The zero-order valence-corrected chi connectivity index (χ0v) is 7.02. The van der Waals surface area contributed by atoms with Crippen LogP contribution in [-0.2, 0) is 6.42 Å². The van der Waals surface area contributed by atoms with Crippen LogP contribution in [-0.4, -0.2) is 11.6 Å². The Kier molecular flexibility index (Phi) is 1.64. The molecule has 0 spiro atoms. The number of ether oxygens (including phenoxy) is 1. The number of hydrogen-bond donors (Lipinski definition) is 1. The van der Waals surface area contributed by atoms with Crippen molar-refractivity contribution in [1.82, 2.24) is 4.98 Å². The number of rotatable bonds is 0. The second-order valence-corrected chi connectivity index (χ2v) is 3.08. The van der Waals surface area contributed by atoms with Gasteiger partial charge in [-0.05, 0) is 25.8 Å². The number of hydrogen-bond acceptors (Lipinski definition) is 2. The van der Waals surface area contributed by atoms with Crippen LogP contribution in [0, 0.1) is 6.92 Å². The van der Waals surface area contributed by atoms with Gasteiger partial charge in [0.2, 0.25) is 0 Å². The second-order valence-electron chi connectivity index (χ2n) is 3.08. The van der Waals surface area contributed by atoms with Crippen molar-refractivity contribution in [2.24, 2.45) is 0 Å². The van der Waals surface area contributed by atoms with Crippen LogP contribution in [0.25, 0.3) is 0 Å². The lowest BCUT2D eigenvalue weighted by Crippen LogP contribution is -2.20. The number of fused-ring (bicyclic) bond motifs is 1. The predicted octanol–water partition coefficient (Wildman–Crippen LogP) is 1.01. The Labute approximate surface area is 70.4 Å². The first-order valence-corrected chi connectivity index (χ1v) is 4.13. The highest BCUT2D eigenvalue weighted by molar-refractivity contribution is 5.34. The van der Waals surface area contributed by atoms with E-state index < -0.39 is 0 Å². The van der Waals surface area contributed by atoms with Gasteiger partial charge in [0, 0.05) is 5.69 Å². The minimum Gasteiger partial charge on any atom is -0.493 e. The lowest BCUT2D eigenvalue weighted by atomic mass is 10.1. The van der Waals surface area contributed by atoms with E-state index in [1.807, 2.05) is 13.0 Å². The van der Waals surface area contributed by atoms with Crippen LogP contribution in [0.5, 0.6) is 5.75 Å². The third kappa shape index (κ3) is 1.11. The van der Waals surface area contributed by atoms with Gasteiger partial charge in [-0.2, -0.15) is 0 Å². The van der Waals surface area contributed by atoms with E-state index in [0.717, 1.165) is 36.5 Å². The Morgan fingerprint density at radius 2 is 2.42 bits per heavy atom. The summed E-state index contributed by atoms with van der Waals surface area (Å²) in [5, 5.41) is 0. The van der Waals surface area contributed by atoms with E-state index in [4.69, 9.17) is 4.74 Å². The predicted molar refractivity (Wildman–Crippen MR) is 45.6 cm³/mol. The molecule has 0 unspecified atom stereocenters. The molecule has 3 heteroatoms. The second kappa shape index (κ2) is 2.66. The maximum absolute atomic E-state index is 11.3. The molecule has 0 aliphatic carbocycles. The third-order valence-corrected chi connectivity index (χ3v) is 2.06. The van der Waals surface area contributed by atoms with Gasteiger partial charge in [0.15, 0.2) is 0 Å². The number of aromatic nitrogens is 1. The van der Waals surface area contributed by atoms with Crippen molar-refractivity contribution < 1.29 is 4.74 Å².